The van der Waals surface area contributed by atoms with Gasteiger partial charge in [0.1, 0.15) is 11.5 Å². The van der Waals surface area contributed by atoms with Crippen molar-refractivity contribution in [2.45, 2.75) is 6.42 Å². The van der Waals surface area contributed by atoms with Crippen molar-refractivity contribution in [1.29, 1.82) is 0 Å². The van der Waals surface area contributed by atoms with Crippen molar-refractivity contribution < 1.29 is 14.3 Å². The second-order valence-corrected chi connectivity index (χ2v) is 5.06. The van der Waals surface area contributed by atoms with Gasteiger partial charge in [-0.1, -0.05) is 0 Å². The number of nitrogens with one attached hydrogen (secondary N) is 1. The van der Waals surface area contributed by atoms with E-state index in [0.717, 1.165) is 26.1 Å². The van der Waals surface area contributed by atoms with Crippen molar-refractivity contribution >= 4 is 5.91 Å². The third-order valence-corrected chi connectivity index (χ3v) is 3.66. The summed E-state index contributed by atoms with van der Waals surface area (Å²) in [5.74, 6) is 1.86. The van der Waals surface area contributed by atoms with Gasteiger partial charge in [-0.2, -0.15) is 0 Å². The van der Waals surface area contributed by atoms with Crippen LogP contribution in [0.2, 0.25) is 0 Å². The summed E-state index contributed by atoms with van der Waals surface area (Å²) in [6.07, 6.45) is 1.05. The summed E-state index contributed by atoms with van der Waals surface area (Å²) >= 11 is 0. The summed E-state index contributed by atoms with van der Waals surface area (Å²) in [6, 6.07) is 5.29. The number of ether oxygens (including phenoxy) is 2. The Balaban J connectivity index is 2.13. The first-order valence-electron chi connectivity index (χ1n) is 6.85. The lowest BCUT2D eigenvalue weighted by Crippen LogP contribution is -2.30. The van der Waals surface area contributed by atoms with Gasteiger partial charge in [-0.15, -0.1) is 0 Å². The fraction of sp³-hybridized carbons (Fsp3) is 0.533. The predicted octanol–water partition coefficient (Wildman–Crippen LogP) is 1.39. The van der Waals surface area contributed by atoms with Gasteiger partial charge in [0.25, 0.3) is 5.91 Å². The molecule has 1 atom stereocenters. The largest absolute Gasteiger partial charge is 0.497 e. The molecular formula is C15H22N2O3. The van der Waals surface area contributed by atoms with Crippen LogP contribution in [0, 0.1) is 5.92 Å². The van der Waals surface area contributed by atoms with E-state index in [1.807, 2.05) is 11.9 Å². The Kier molecular flexibility index (Phi) is 4.84. The normalized spacial score (nSPS) is 18.1. The second kappa shape index (κ2) is 6.61. The lowest BCUT2D eigenvalue weighted by atomic mass is 10.1. The average molecular weight is 278 g/mol. The Labute approximate surface area is 119 Å². The summed E-state index contributed by atoms with van der Waals surface area (Å²) in [7, 11) is 5.11. The van der Waals surface area contributed by atoms with Crippen LogP contribution in [0.25, 0.3) is 0 Å². The minimum Gasteiger partial charge on any atom is -0.497 e. The molecule has 20 heavy (non-hydrogen) atoms. The van der Waals surface area contributed by atoms with Gasteiger partial charge >= 0.3 is 0 Å². The summed E-state index contributed by atoms with van der Waals surface area (Å²) in [5, 5.41) is 3.17. The highest BCUT2D eigenvalue weighted by Gasteiger charge is 2.26. The van der Waals surface area contributed by atoms with Crippen LogP contribution < -0.4 is 14.8 Å². The highest BCUT2D eigenvalue weighted by atomic mass is 16.5. The topological polar surface area (TPSA) is 50.8 Å². The number of hydrogen-bond donors (Lipinski definition) is 1. The maximum atomic E-state index is 12.5. The monoisotopic (exact) mass is 278 g/mol. The Bertz CT molecular complexity index is 454. The van der Waals surface area contributed by atoms with Crippen LogP contribution in [0.5, 0.6) is 11.5 Å². The van der Waals surface area contributed by atoms with Gasteiger partial charge in [0.15, 0.2) is 0 Å². The lowest BCUT2D eigenvalue weighted by Gasteiger charge is -2.17. The number of likely N-dealkylation sites (tertiary alicyclic amines) is 1. The van der Waals surface area contributed by atoms with Crippen molar-refractivity contribution in [2.75, 3.05) is 40.9 Å². The molecule has 0 aliphatic carbocycles. The predicted molar refractivity (Wildman–Crippen MR) is 77.5 cm³/mol. The fourth-order valence-electron chi connectivity index (χ4n) is 2.59. The van der Waals surface area contributed by atoms with E-state index in [2.05, 4.69) is 5.32 Å². The number of benzene rings is 1. The Hall–Kier alpha value is -1.75. The van der Waals surface area contributed by atoms with Gasteiger partial charge in [0, 0.05) is 24.7 Å². The van der Waals surface area contributed by atoms with E-state index in [4.69, 9.17) is 9.47 Å². The first kappa shape index (κ1) is 14.7. The quantitative estimate of drug-likeness (QED) is 0.884. The Morgan fingerprint density at radius 1 is 1.30 bits per heavy atom. The van der Waals surface area contributed by atoms with Crippen LogP contribution >= 0.6 is 0 Å². The molecular weight excluding hydrogens is 256 g/mol. The maximum absolute atomic E-state index is 12.5. The Morgan fingerprint density at radius 3 is 2.50 bits per heavy atom. The zero-order valence-corrected chi connectivity index (χ0v) is 12.3. The molecule has 5 nitrogen and oxygen atoms in total. The molecule has 1 amide bonds. The maximum Gasteiger partial charge on any atom is 0.254 e. The molecule has 0 saturated carbocycles. The zero-order valence-electron chi connectivity index (χ0n) is 12.3. The minimum atomic E-state index is 0.0424. The molecule has 1 N–H and O–H groups in total. The summed E-state index contributed by atoms with van der Waals surface area (Å²) in [5.41, 5.74) is 0.617. The first-order valence-corrected chi connectivity index (χ1v) is 6.85. The molecule has 0 aromatic heterocycles. The van der Waals surface area contributed by atoms with E-state index >= 15 is 0 Å². The molecule has 0 spiro atoms. The van der Waals surface area contributed by atoms with Crippen LogP contribution in [0.1, 0.15) is 16.8 Å². The summed E-state index contributed by atoms with van der Waals surface area (Å²) in [6.45, 7) is 2.56. The summed E-state index contributed by atoms with van der Waals surface area (Å²) < 4.78 is 10.4. The number of methoxy groups -OCH3 is 2. The molecule has 1 aliphatic rings. The van der Waals surface area contributed by atoms with Crippen molar-refractivity contribution in [3.8, 4) is 11.5 Å². The van der Waals surface area contributed by atoms with E-state index in [0.29, 0.717) is 23.0 Å². The molecule has 5 heteroatoms. The lowest BCUT2D eigenvalue weighted by molar-refractivity contribution is 0.0786. The van der Waals surface area contributed by atoms with Crippen LogP contribution in [-0.2, 0) is 0 Å². The summed E-state index contributed by atoms with van der Waals surface area (Å²) in [4.78, 5) is 14.4. The van der Waals surface area contributed by atoms with E-state index in [-0.39, 0.29) is 5.91 Å². The van der Waals surface area contributed by atoms with Gasteiger partial charge in [0.2, 0.25) is 0 Å². The van der Waals surface area contributed by atoms with Crippen molar-refractivity contribution in [3.63, 3.8) is 0 Å². The molecule has 1 aliphatic heterocycles. The van der Waals surface area contributed by atoms with Crippen molar-refractivity contribution in [3.05, 3.63) is 23.8 Å². The molecule has 2 rings (SSSR count). The zero-order chi connectivity index (χ0) is 14.5. The molecule has 1 aromatic carbocycles. The van der Waals surface area contributed by atoms with Crippen molar-refractivity contribution in [2.24, 2.45) is 5.92 Å². The van der Waals surface area contributed by atoms with E-state index in [1.54, 1.807) is 32.4 Å². The van der Waals surface area contributed by atoms with E-state index in [1.165, 1.54) is 0 Å². The first-order chi connectivity index (χ1) is 9.67. The second-order valence-electron chi connectivity index (χ2n) is 5.06. The highest BCUT2D eigenvalue weighted by Crippen LogP contribution is 2.25. The standard InChI is InChI=1S/C15H22N2O3/c1-16-9-11-4-5-17(10-11)15(18)12-6-13(19-2)8-14(7-12)20-3/h6-8,11,16H,4-5,9-10H2,1-3H3. The van der Waals surface area contributed by atoms with Gasteiger partial charge in [-0.05, 0) is 38.1 Å². The van der Waals surface area contributed by atoms with Crippen LogP contribution in [0.4, 0.5) is 0 Å². The number of nitrogens with zero attached hydrogens (tertiary/aromatic N) is 1. The number of hydrogen-bond acceptors (Lipinski definition) is 4. The smallest absolute Gasteiger partial charge is 0.254 e. The number of carbonyl (C=O) groups is 1. The third-order valence-electron chi connectivity index (χ3n) is 3.66. The van der Waals surface area contributed by atoms with E-state index in [9.17, 15) is 4.79 Å². The SMILES string of the molecule is CNCC1CCN(C(=O)c2cc(OC)cc(OC)c2)C1. The molecule has 1 heterocycles. The number of rotatable bonds is 5. The molecule has 0 bridgehead atoms. The number of carbonyl (C=O) groups excluding carboxylic acids is 1. The molecule has 1 aromatic rings. The fourth-order valence-corrected chi connectivity index (χ4v) is 2.59. The van der Waals surface area contributed by atoms with Gasteiger partial charge in [-0.3, -0.25) is 4.79 Å². The van der Waals surface area contributed by atoms with Gasteiger partial charge in [-0.25, -0.2) is 0 Å². The molecule has 1 fully saturated rings. The van der Waals surface area contributed by atoms with Crippen LogP contribution in [-0.4, -0.2) is 51.7 Å². The van der Waals surface area contributed by atoms with E-state index < -0.39 is 0 Å². The molecule has 0 radical (unpaired) electrons. The highest BCUT2D eigenvalue weighted by molar-refractivity contribution is 5.95. The molecule has 1 unspecified atom stereocenters. The third kappa shape index (κ3) is 3.22. The minimum absolute atomic E-state index is 0.0424. The Morgan fingerprint density at radius 2 is 1.95 bits per heavy atom. The molecule has 110 valence electrons. The van der Waals surface area contributed by atoms with Crippen molar-refractivity contribution in [1.82, 2.24) is 10.2 Å². The average Bonchev–Trinajstić information content (AvgIpc) is 2.94. The van der Waals surface area contributed by atoms with Crippen LogP contribution in [0.15, 0.2) is 18.2 Å². The van der Waals surface area contributed by atoms with Crippen LogP contribution in [0.3, 0.4) is 0 Å². The number of amides is 1. The molecule has 1 saturated heterocycles. The van der Waals surface area contributed by atoms with Gasteiger partial charge < -0.3 is 19.7 Å². The van der Waals surface area contributed by atoms with Gasteiger partial charge in [0.05, 0.1) is 14.2 Å².